The van der Waals surface area contributed by atoms with Gasteiger partial charge in [0.1, 0.15) is 0 Å². The fourth-order valence-electron chi connectivity index (χ4n) is 1.65. The smallest absolute Gasteiger partial charge is 0.178 e. The van der Waals surface area contributed by atoms with Crippen molar-refractivity contribution >= 4 is 20.6 Å². The topological polar surface area (TPSA) is 9.23 Å². The highest BCUT2D eigenvalue weighted by Crippen LogP contribution is 2.32. The number of rotatable bonds is 3. The molecule has 0 saturated carbocycles. The van der Waals surface area contributed by atoms with Gasteiger partial charge in [-0.3, -0.25) is 0 Å². The van der Waals surface area contributed by atoms with Crippen molar-refractivity contribution in [3.8, 4) is 0 Å². The zero-order valence-corrected chi connectivity index (χ0v) is 10.9. The molecule has 1 heterocycles. The van der Waals surface area contributed by atoms with Gasteiger partial charge in [-0.1, -0.05) is 20.3 Å². The summed E-state index contributed by atoms with van der Waals surface area (Å²) < 4.78 is 5.82. The van der Waals surface area contributed by atoms with Crippen LogP contribution in [0.2, 0.25) is 12.1 Å². The second-order valence-corrected chi connectivity index (χ2v) is 8.05. The lowest BCUT2D eigenvalue weighted by Gasteiger charge is -2.31. The molecular weight excluding hydrogens is 200 g/mol. The van der Waals surface area contributed by atoms with Crippen molar-refractivity contribution in [1.82, 2.24) is 0 Å². The van der Waals surface area contributed by atoms with Gasteiger partial charge in [-0.15, -0.1) is 11.6 Å². The van der Waals surface area contributed by atoms with Crippen LogP contribution in [0.3, 0.4) is 0 Å². The Balaban J connectivity index is 2.37. The fraction of sp³-hybridized carbons (Fsp3) is 1.00. The van der Waals surface area contributed by atoms with Crippen molar-refractivity contribution in [3.63, 3.8) is 0 Å². The summed E-state index contributed by atoms with van der Waals surface area (Å²) in [6, 6.07) is 2.46. The van der Waals surface area contributed by atoms with E-state index in [9.17, 15) is 0 Å². The zero-order valence-electron chi connectivity index (χ0n) is 8.98. The second-order valence-electron chi connectivity index (χ2n) is 4.63. The van der Waals surface area contributed by atoms with Crippen LogP contribution >= 0.6 is 11.6 Å². The lowest BCUT2D eigenvalue weighted by Crippen LogP contribution is -2.34. The van der Waals surface area contributed by atoms with Crippen LogP contribution in [0.5, 0.6) is 0 Å². The van der Waals surface area contributed by atoms with Crippen LogP contribution < -0.4 is 0 Å². The van der Waals surface area contributed by atoms with Crippen LogP contribution in [0.25, 0.3) is 0 Å². The summed E-state index contributed by atoms with van der Waals surface area (Å²) in [6.45, 7) is 7.54. The molecule has 1 rings (SSSR count). The average molecular weight is 221 g/mol. The predicted molar refractivity (Wildman–Crippen MR) is 61.0 cm³/mol. The van der Waals surface area contributed by atoms with Crippen molar-refractivity contribution in [1.29, 1.82) is 0 Å². The van der Waals surface area contributed by atoms with E-state index < -0.39 is 9.04 Å². The van der Waals surface area contributed by atoms with Crippen molar-refractivity contribution < 1.29 is 4.43 Å². The first-order chi connectivity index (χ1) is 6.02. The van der Waals surface area contributed by atoms with Crippen LogP contribution in [0, 0.1) is 5.92 Å². The number of alkyl halides is 1. The van der Waals surface area contributed by atoms with E-state index in [2.05, 4.69) is 20.8 Å². The standard InChI is InChI=1S/C10H21ClOSi/c1-9(2)10(3,11)8-13-7-5-4-6-12-13/h9,13H,4-8H2,1-3H3. The molecule has 0 aromatic carbocycles. The highest BCUT2D eigenvalue weighted by Gasteiger charge is 2.31. The van der Waals surface area contributed by atoms with E-state index in [1.54, 1.807) is 0 Å². The van der Waals surface area contributed by atoms with Gasteiger partial charge in [-0.25, -0.2) is 0 Å². The number of halogens is 1. The summed E-state index contributed by atoms with van der Waals surface area (Å²) in [5.41, 5.74) is 0. The molecule has 2 atom stereocenters. The molecule has 0 aromatic rings. The third-order valence-electron chi connectivity index (χ3n) is 3.10. The van der Waals surface area contributed by atoms with Gasteiger partial charge in [0, 0.05) is 11.5 Å². The Morgan fingerprint density at radius 1 is 1.46 bits per heavy atom. The third-order valence-corrected chi connectivity index (χ3v) is 7.02. The highest BCUT2D eigenvalue weighted by atomic mass is 35.5. The molecule has 3 heteroatoms. The largest absolute Gasteiger partial charge is 0.420 e. The SMILES string of the molecule is CC(C)C(C)(Cl)C[SiH]1CCCCO1. The summed E-state index contributed by atoms with van der Waals surface area (Å²) in [5, 5.41) is 0. The Labute approximate surface area is 88.5 Å². The van der Waals surface area contributed by atoms with Gasteiger partial charge in [0.25, 0.3) is 0 Å². The maximum Gasteiger partial charge on any atom is 0.178 e. The van der Waals surface area contributed by atoms with Gasteiger partial charge in [0.05, 0.1) is 0 Å². The number of hydrogen-bond acceptors (Lipinski definition) is 1. The van der Waals surface area contributed by atoms with Gasteiger partial charge >= 0.3 is 0 Å². The van der Waals surface area contributed by atoms with Gasteiger partial charge in [0.2, 0.25) is 0 Å². The third kappa shape index (κ3) is 3.60. The van der Waals surface area contributed by atoms with Crippen molar-refractivity contribution in [2.45, 2.75) is 50.6 Å². The predicted octanol–water partition coefficient (Wildman–Crippen LogP) is 3.17. The van der Waals surface area contributed by atoms with E-state index in [0.29, 0.717) is 5.92 Å². The van der Waals surface area contributed by atoms with E-state index in [-0.39, 0.29) is 4.87 Å². The van der Waals surface area contributed by atoms with Crippen LogP contribution in [0.15, 0.2) is 0 Å². The van der Waals surface area contributed by atoms with Crippen LogP contribution in [-0.2, 0) is 4.43 Å². The molecule has 0 N–H and O–H groups in total. The first-order valence-corrected chi connectivity index (χ1v) is 7.81. The summed E-state index contributed by atoms with van der Waals surface area (Å²) >= 11 is 6.46. The zero-order chi connectivity index (χ0) is 9.90. The molecule has 0 aliphatic carbocycles. The van der Waals surface area contributed by atoms with E-state index in [4.69, 9.17) is 16.0 Å². The highest BCUT2D eigenvalue weighted by molar-refractivity contribution is 6.54. The molecule has 1 nitrogen and oxygen atoms in total. The van der Waals surface area contributed by atoms with Crippen molar-refractivity contribution in [2.24, 2.45) is 5.92 Å². The maximum absolute atomic E-state index is 6.46. The second kappa shape index (κ2) is 4.81. The minimum atomic E-state index is -0.939. The lowest BCUT2D eigenvalue weighted by molar-refractivity contribution is 0.280. The van der Waals surface area contributed by atoms with Gasteiger partial charge in [-0.05, 0) is 31.4 Å². The van der Waals surface area contributed by atoms with Gasteiger partial charge in [0.15, 0.2) is 9.04 Å². The summed E-state index contributed by atoms with van der Waals surface area (Å²) in [5.74, 6) is 0.548. The maximum atomic E-state index is 6.46. The van der Waals surface area contributed by atoms with Crippen molar-refractivity contribution in [2.75, 3.05) is 6.61 Å². The Morgan fingerprint density at radius 3 is 2.62 bits per heavy atom. The fourth-order valence-corrected chi connectivity index (χ4v) is 5.26. The molecule has 0 radical (unpaired) electrons. The molecule has 13 heavy (non-hydrogen) atoms. The van der Waals surface area contributed by atoms with Crippen LogP contribution in [-0.4, -0.2) is 20.5 Å². The molecule has 1 aliphatic heterocycles. The minimum absolute atomic E-state index is 0.0335. The van der Waals surface area contributed by atoms with Crippen molar-refractivity contribution in [3.05, 3.63) is 0 Å². The first-order valence-electron chi connectivity index (χ1n) is 5.33. The Kier molecular flexibility index (Phi) is 4.27. The van der Waals surface area contributed by atoms with E-state index in [1.807, 2.05) is 0 Å². The molecule has 0 bridgehead atoms. The normalized spacial score (nSPS) is 28.8. The molecular formula is C10H21ClOSi. The molecule has 78 valence electrons. The van der Waals surface area contributed by atoms with E-state index in [0.717, 1.165) is 12.7 Å². The Bertz CT molecular complexity index is 153. The molecule has 0 aromatic heterocycles. The average Bonchev–Trinajstić information content (AvgIpc) is 2.05. The van der Waals surface area contributed by atoms with Crippen LogP contribution in [0.4, 0.5) is 0 Å². The van der Waals surface area contributed by atoms with E-state index in [1.165, 1.54) is 18.9 Å². The molecule has 1 saturated heterocycles. The molecule has 1 aliphatic rings. The molecule has 0 amide bonds. The molecule has 0 spiro atoms. The van der Waals surface area contributed by atoms with E-state index >= 15 is 0 Å². The summed E-state index contributed by atoms with van der Waals surface area (Å²) in [7, 11) is -0.939. The van der Waals surface area contributed by atoms with Gasteiger partial charge in [-0.2, -0.15) is 0 Å². The first kappa shape index (κ1) is 11.5. The summed E-state index contributed by atoms with van der Waals surface area (Å²) in [6.07, 6.45) is 2.62. The summed E-state index contributed by atoms with van der Waals surface area (Å²) in [4.78, 5) is -0.0335. The molecule has 2 unspecified atom stereocenters. The Hall–Kier alpha value is 0.467. The lowest BCUT2D eigenvalue weighted by atomic mass is 9.99. The van der Waals surface area contributed by atoms with Crippen LogP contribution in [0.1, 0.15) is 33.6 Å². The minimum Gasteiger partial charge on any atom is -0.420 e. The monoisotopic (exact) mass is 220 g/mol. The number of hydrogen-bond donors (Lipinski definition) is 0. The molecule has 1 fully saturated rings. The Morgan fingerprint density at radius 2 is 2.15 bits per heavy atom. The van der Waals surface area contributed by atoms with Gasteiger partial charge < -0.3 is 4.43 Å². The quantitative estimate of drug-likeness (QED) is 0.525.